The molecule has 0 amide bonds. The Morgan fingerprint density at radius 1 is 0.688 bits per heavy atom. The fourth-order valence-electron chi connectivity index (χ4n) is 3.09. The van der Waals surface area contributed by atoms with Crippen LogP contribution in [-0.4, -0.2) is 21.8 Å². The smallest absolute Gasteiger partial charge is 0.267 e. The van der Waals surface area contributed by atoms with Crippen molar-refractivity contribution in [1.29, 1.82) is 0 Å². The van der Waals surface area contributed by atoms with Crippen LogP contribution in [-0.2, 0) is 20.0 Å². The first kappa shape index (κ1) is 21.7. The highest BCUT2D eigenvalue weighted by Crippen LogP contribution is 2.26. The normalized spacial score (nSPS) is 11.9. The van der Waals surface area contributed by atoms with Gasteiger partial charge in [-0.2, -0.15) is 0 Å². The fraction of sp³-hybridized carbons (Fsp3) is 0. The zero-order valence-corrected chi connectivity index (χ0v) is 17.8. The van der Waals surface area contributed by atoms with Crippen molar-refractivity contribution in [3.05, 3.63) is 90.6 Å². The third-order valence-electron chi connectivity index (χ3n) is 4.44. The summed E-state index contributed by atoms with van der Waals surface area (Å²) in [7, 11) is -8.68. The van der Waals surface area contributed by atoms with Crippen LogP contribution in [0, 0.1) is 11.6 Å². The molecule has 4 rings (SSSR count). The van der Waals surface area contributed by atoms with Crippen LogP contribution in [0.4, 0.5) is 20.2 Å². The van der Waals surface area contributed by atoms with Gasteiger partial charge in [-0.3, -0.25) is 14.4 Å². The van der Waals surface area contributed by atoms with Crippen LogP contribution < -0.4 is 9.44 Å². The van der Waals surface area contributed by atoms with Gasteiger partial charge in [0, 0.05) is 11.6 Å². The number of halogens is 2. The van der Waals surface area contributed by atoms with Gasteiger partial charge in [0.05, 0.1) is 16.9 Å². The quantitative estimate of drug-likeness (QED) is 0.437. The average molecular weight is 475 g/mol. The van der Waals surface area contributed by atoms with E-state index in [9.17, 15) is 25.6 Å². The van der Waals surface area contributed by atoms with Gasteiger partial charge in [-0.15, -0.1) is 0 Å². The molecular weight excluding hydrogens is 460 g/mol. The van der Waals surface area contributed by atoms with E-state index in [0.29, 0.717) is 5.39 Å². The van der Waals surface area contributed by atoms with Crippen molar-refractivity contribution >= 4 is 42.3 Å². The predicted octanol–water partition coefficient (Wildman–Crippen LogP) is 4.11. The summed E-state index contributed by atoms with van der Waals surface area (Å²) in [5, 5.41) is 0.629. The minimum Gasteiger partial charge on any atom is -0.279 e. The molecule has 0 atom stereocenters. The Morgan fingerprint density at radius 3 is 1.94 bits per heavy atom. The van der Waals surface area contributed by atoms with Gasteiger partial charge in [-0.05, 0) is 42.5 Å². The monoisotopic (exact) mass is 475 g/mol. The molecule has 0 saturated heterocycles. The molecule has 0 aliphatic carbocycles. The number of sulfonamides is 2. The molecule has 0 unspecified atom stereocenters. The second-order valence-electron chi connectivity index (χ2n) is 6.67. The number of pyridine rings is 1. The largest absolute Gasteiger partial charge is 0.279 e. The lowest BCUT2D eigenvalue weighted by Gasteiger charge is -2.13. The number of nitrogens with zero attached hydrogens (tertiary/aromatic N) is 1. The van der Waals surface area contributed by atoms with Gasteiger partial charge in [0.1, 0.15) is 16.5 Å². The van der Waals surface area contributed by atoms with Gasteiger partial charge in [-0.25, -0.2) is 25.6 Å². The second-order valence-corrected chi connectivity index (χ2v) is 9.94. The SMILES string of the molecule is O=S(=O)(Nc1cccc(NS(=O)(=O)c2cccc3cccnc23)c1)c1c(F)cccc1F. The van der Waals surface area contributed by atoms with Crippen molar-refractivity contribution in [1.82, 2.24) is 4.98 Å². The highest BCUT2D eigenvalue weighted by atomic mass is 32.2. The van der Waals surface area contributed by atoms with E-state index in [1.165, 1.54) is 36.5 Å². The maximum Gasteiger partial charge on any atom is 0.267 e. The summed E-state index contributed by atoms with van der Waals surface area (Å²) in [4.78, 5) is 2.93. The van der Waals surface area contributed by atoms with Crippen molar-refractivity contribution < 1.29 is 25.6 Å². The van der Waals surface area contributed by atoms with E-state index in [2.05, 4.69) is 14.4 Å². The molecule has 7 nitrogen and oxygen atoms in total. The first-order valence-electron chi connectivity index (χ1n) is 9.11. The minimum atomic E-state index is -4.60. The lowest BCUT2D eigenvalue weighted by atomic mass is 10.2. The Hall–Kier alpha value is -3.57. The zero-order valence-electron chi connectivity index (χ0n) is 16.2. The molecule has 0 bridgehead atoms. The molecule has 164 valence electrons. The van der Waals surface area contributed by atoms with Crippen LogP contribution in [0.3, 0.4) is 0 Å². The van der Waals surface area contributed by atoms with E-state index in [-0.39, 0.29) is 21.8 Å². The number of aromatic nitrogens is 1. The summed E-state index contributed by atoms with van der Waals surface area (Å²) in [5.74, 6) is -2.50. The topological polar surface area (TPSA) is 105 Å². The standard InChI is InChI=1S/C21H15F2N3O4S2/c22-17-9-3-10-18(23)21(17)32(29,30)26-16-8-2-7-15(13-16)25-31(27,28)19-11-1-5-14-6-4-12-24-20(14)19/h1-13,25-26H. The van der Waals surface area contributed by atoms with Crippen molar-refractivity contribution in [2.24, 2.45) is 0 Å². The van der Waals surface area contributed by atoms with E-state index in [1.807, 2.05) is 0 Å². The Bertz CT molecular complexity index is 1520. The van der Waals surface area contributed by atoms with E-state index < -0.39 is 36.6 Å². The Labute approximate surface area is 182 Å². The van der Waals surface area contributed by atoms with Crippen LogP contribution in [0.5, 0.6) is 0 Å². The molecule has 1 heterocycles. The second kappa shape index (κ2) is 8.17. The molecule has 1 aromatic heterocycles. The number of rotatable bonds is 6. The van der Waals surface area contributed by atoms with E-state index in [1.54, 1.807) is 24.3 Å². The van der Waals surface area contributed by atoms with Crippen LogP contribution >= 0.6 is 0 Å². The number of nitrogens with one attached hydrogen (secondary N) is 2. The van der Waals surface area contributed by atoms with E-state index in [4.69, 9.17) is 0 Å². The number of benzene rings is 3. The highest BCUT2D eigenvalue weighted by Gasteiger charge is 2.24. The Morgan fingerprint density at radius 2 is 1.25 bits per heavy atom. The van der Waals surface area contributed by atoms with Crippen molar-refractivity contribution in [2.75, 3.05) is 9.44 Å². The molecule has 0 aliphatic rings. The third-order valence-corrected chi connectivity index (χ3v) is 7.28. The van der Waals surface area contributed by atoms with Gasteiger partial charge in [0.2, 0.25) is 0 Å². The molecule has 0 saturated carbocycles. The van der Waals surface area contributed by atoms with Gasteiger partial charge in [0.25, 0.3) is 20.0 Å². The Balaban J connectivity index is 1.65. The molecule has 4 aromatic rings. The van der Waals surface area contributed by atoms with Gasteiger partial charge < -0.3 is 0 Å². The van der Waals surface area contributed by atoms with Crippen LogP contribution in [0.2, 0.25) is 0 Å². The minimum absolute atomic E-state index is 0.0344. The maximum absolute atomic E-state index is 13.9. The summed E-state index contributed by atoms with van der Waals surface area (Å²) < 4.78 is 83.0. The lowest BCUT2D eigenvalue weighted by molar-refractivity contribution is 0.521. The number of hydrogen-bond acceptors (Lipinski definition) is 5. The number of anilines is 2. The van der Waals surface area contributed by atoms with Gasteiger partial charge >= 0.3 is 0 Å². The fourth-order valence-corrected chi connectivity index (χ4v) is 5.51. The molecule has 3 aromatic carbocycles. The molecule has 0 spiro atoms. The molecule has 2 N–H and O–H groups in total. The van der Waals surface area contributed by atoms with Gasteiger partial charge in [-0.1, -0.05) is 30.3 Å². The summed E-state index contributed by atoms with van der Waals surface area (Å²) in [5.41, 5.74) is 0.213. The third kappa shape index (κ3) is 4.25. The zero-order chi connectivity index (χ0) is 22.9. The number of para-hydroxylation sites is 1. The predicted molar refractivity (Wildman–Crippen MR) is 116 cm³/mol. The van der Waals surface area contributed by atoms with E-state index >= 15 is 0 Å². The molecule has 0 fully saturated rings. The van der Waals surface area contributed by atoms with Crippen molar-refractivity contribution in [3.63, 3.8) is 0 Å². The molecule has 0 radical (unpaired) electrons. The Kier molecular flexibility index (Phi) is 5.53. The summed E-state index contributed by atoms with van der Waals surface area (Å²) in [6.07, 6.45) is 1.47. The van der Waals surface area contributed by atoms with Crippen LogP contribution in [0.15, 0.2) is 88.8 Å². The van der Waals surface area contributed by atoms with Crippen LogP contribution in [0.1, 0.15) is 0 Å². The van der Waals surface area contributed by atoms with Crippen LogP contribution in [0.25, 0.3) is 10.9 Å². The summed E-state index contributed by atoms with van der Waals surface area (Å²) in [6.45, 7) is 0. The first-order valence-corrected chi connectivity index (χ1v) is 12.1. The molecule has 11 heteroatoms. The lowest BCUT2D eigenvalue weighted by Crippen LogP contribution is -2.17. The van der Waals surface area contributed by atoms with Crippen molar-refractivity contribution in [2.45, 2.75) is 9.79 Å². The highest BCUT2D eigenvalue weighted by molar-refractivity contribution is 7.93. The summed E-state index contributed by atoms with van der Waals surface area (Å²) >= 11 is 0. The van der Waals surface area contributed by atoms with Crippen molar-refractivity contribution in [3.8, 4) is 0 Å². The number of fused-ring (bicyclic) bond motifs is 1. The van der Waals surface area contributed by atoms with Gasteiger partial charge in [0.15, 0.2) is 4.90 Å². The summed E-state index contributed by atoms with van der Waals surface area (Å²) in [6, 6.07) is 16.1. The van der Waals surface area contributed by atoms with E-state index in [0.717, 1.165) is 18.2 Å². The maximum atomic E-state index is 13.9. The molecule has 32 heavy (non-hydrogen) atoms. The molecule has 0 aliphatic heterocycles. The first-order chi connectivity index (χ1) is 15.2. The molecular formula is C21H15F2N3O4S2. The number of hydrogen-bond donors (Lipinski definition) is 2. The average Bonchev–Trinajstić information content (AvgIpc) is 2.72.